The minimum atomic E-state index is -8.76. The minimum absolute atomic E-state index is 0.382. The minimum Gasteiger partial charge on any atom is -0.320 e. The molecule has 0 heterocycles. The summed E-state index contributed by atoms with van der Waals surface area (Å²) in [6, 6.07) is 2.45. The molecule has 1 rings (SSSR count). The Morgan fingerprint density at radius 2 is 1.00 bits per heavy atom. The van der Waals surface area contributed by atoms with Crippen LogP contribution >= 0.6 is 11.6 Å². The molecule has 1 amide bonds. The van der Waals surface area contributed by atoms with Crippen molar-refractivity contribution in [1.82, 2.24) is 0 Å². The predicted molar refractivity (Wildman–Crippen MR) is 85.5 cm³/mol. The van der Waals surface area contributed by atoms with E-state index in [1.165, 1.54) is 0 Å². The number of nitrogens with one attached hydrogen (secondary N) is 1. The summed E-state index contributed by atoms with van der Waals surface area (Å²) in [5.41, 5.74) is -1.39. The van der Waals surface area contributed by atoms with Crippen LogP contribution in [0.5, 0.6) is 0 Å². The van der Waals surface area contributed by atoms with Gasteiger partial charge in [-0.1, -0.05) is 17.7 Å². The SMILES string of the molecule is Cc1c(Cl)cccc1NC(=O)C(F)(F)C(F)(F)C(F)(F)C(F)(F)C(F)(F)C(F)(F)C(F)(F)C(F)(F)F. The number of carbonyl (C=O) groups excluding carboxylic acids is 1. The molecular formula is C16H7ClF17NO. The Labute approximate surface area is 192 Å². The van der Waals surface area contributed by atoms with E-state index in [9.17, 15) is 79.4 Å². The third kappa shape index (κ3) is 4.19. The zero-order chi connectivity index (χ0) is 29.1. The molecule has 36 heavy (non-hydrogen) atoms. The van der Waals surface area contributed by atoms with Crippen molar-refractivity contribution in [3.63, 3.8) is 0 Å². The highest BCUT2D eigenvalue weighted by atomic mass is 35.5. The van der Waals surface area contributed by atoms with Gasteiger partial charge in [0, 0.05) is 10.7 Å². The number of anilines is 1. The number of rotatable bonds is 8. The van der Waals surface area contributed by atoms with E-state index < -0.39 is 64.8 Å². The zero-order valence-corrected chi connectivity index (χ0v) is 17.2. The second-order valence-corrected chi connectivity index (χ2v) is 7.29. The monoisotopic (exact) mass is 587 g/mol. The average Bonchev–Trinajstić information content (AvgIpc) is 2.69. The first-order valence-electron chi connectivity index (χ1n) is 8.35. The lowest BCUT2D eigenvalue weighted by Gasteiger charge is -2.42. The molecule has 0 aromatic heterocycles. The second-order valence-electron chi connectivity index (χ2n) is 6.89. The summed E-state index contributed by atoms with van der Waals surface area (Å²) < 4.78 is 225. The maximum absolute atomic E-state index is 13.9. The molecule has 2 nitrogen and oxygen atoms in total. The smallest absolute Gasteiger partial charge is 0.320 e. The van der Waals surface area contributed by atoms with Gasteiger partial charge >= 0.3 is 53.5 Å². The molecule has 0 aliphatic heterocycles. The van der Waals surface area contributed by atoms with Gasteiger partial charge in [-0.25, -0.2) is 0 Å². The lowest BCUT2D eigenvalue weighted by molar-refractivity contribution is -0.459. The van der Waals surface area contributed by atoms with Crippen LogP contribution in [0.2, 0.25) is 5.02 Å². The van der Waals surface area contributed by atoms with E-state index in [2.05, 4.69) is 0 Å². The molecule has 0 saturated carbocycles. The van der Waals surface area contributed by atoms with Crippen molar-refractivity contribution in [2.75, 3.05) is 5.32 Å². The summed E-state index contributed by atoms with van der Waals surface area (Å²) >= 11 is 5.49. The van der Waals surface area contributed by atoms with Gasteiger partial charge in [-0.3, -0.25) is 4.79 Å². The van der Waals surface area contributed by atoms with Gasteiger partial charge in [0.15, 0.2) is 0 Å². The number of alkyl halides is 17. The van der Waals surface area contributed by atoms with E-state index in [1.807, 2.05) is 0 Å². The molecule has 208 valence electrons. The Morgan fingerprint density at radius 1 is 0.639 bits per heavy atom. The topological polar surface area (TPSA) is 29.1 Å². The Balaban J connectivity index is 3.61. The van der Waals surface area contributed by atoms with Crippen LogP contribution in [0.25, 0.3) is 0 Å². The van der Waals surface area contributed by atoms with Crippen molar-refractivity contribution in [2.24, 2.45) is 0 Å². The molecule has 0 bridgehead atoms. The fourth-order valence-corrected chi connectivity index (χ4v) is 2.42. The highest BCUT2D eigenvalue weighted by molar-refractivity contribution is 6.31. The summed E-state index contributed by atoms with van der Waals surface area (Å²) in [6.45, 7) is 0.903. The van der Waals surface area contributed by atoms with Gasteiger partial charge in [0.05, 0.1) is 0 Å². The quantitative estimate of drug-likeness (QED) is 0.312. The number of halogens is 18. The molecule has 0 spiro atoms. The molecule has 0 fully saturated rings. The van der Waals surface area contributed by atoms with Crippen LogP contribution in [0, 0.1) is 6.92 Å². The molecular weight excluding hydrogens is 581 g/mol. The number of benzene rings is 1. The van der Waals surface area contributed by atoms with Gasteiger partial charge in [0.25, 0.3) is 0 Å². The number of carbonyl (C=O) groups is 1. The summed E-state index contributed by atoms with van der Waals surface area (Å²) in [5.74, 6) is -61.9. The first-order valence-corrected chi connectivity index (χ1v) is 8.73. The normalized spacial score (nSPS) is 15.2. The first-order chi connectivity index (χ1) is 15.6. The lowest BCUT2D eigenvalue weighted by Crippen LogP contribution is -2.75. The van der Waals surface area contributed by atoms with Crippen molar-refractivity contribution in [2.45, 2.75) is 54.6 Å². The van der Waals surface area contributed by atoms with Crippen molar-refractivity contribution < 1.29 is 79.4 Å². The van der Waals surface area contributed by atoms with Gasteiger partial charge in [-0.15, -0.1) is 0 Å². The van der Waals surface area contributed by atoms with Crippen LogP contribution in [0.4, 0.5) is 80.3 Å². The van der Waals surface area contributed by atoms with Crippen molar-refractivity contribution >= 4 is 23.2 Å². The van der Waals surface area contributed by atoms with E-state index in [-0.39, 0.29) is 5.02 Å². The van der Waals surface area contributed by atoms with Gasteiger partial charge in [0.1, 0.15) is 0 Å². The van der Waals surface area contributed by atoms with E-state index in [0.717, 1.165) is 24.4 Å². The summed E-state index contributed by atoms with van der Waals surface area (Å²) in [5, 5.41) is 0.416. The van der Waals surface area contributed by atoms with Crippen LogP contribution in [-0.4, -0.2) is 53.5 Å². The van der Waals surface area contributed by atoms with Gasteiger partial charge in [-0.05, 0) is 24.6 Å². The molecule has 0 atom stereocenters. The maximum atomic E-state index is 13.9. The standard InChI is InChI=1S/C16H7ClF17NO/c1-5-6(17)3-2-4-7(5)35-8(36)9(18,19)10(20,21)11(22,23)12(24,25)13(26,27)14(28,29)15(30,31)16(32,33)34/h2-4H,1H3,(H,35,36). The largest absolute Gasteiger partial charge is 0.460 e. The van der Waals surface area contributed by atoms with E-state index in [4.69, 9.17) is 11.6 Å². The summed E-state index contributed by atoms with van der Waals surface area (Å²) in [7, 11) is 0. The van der Waals surface area contributed by atoms with Crippen LogP contribution in [0.15, 0.2) is 18.2 Å². The fourth-order valence-electron chi connectivity index (χ4n) is 2.25. The molecule has 0 saturated heterocycles. The highest BCUT2D eigenvalue weighted by Crippen LogP contribution is 2.64. The van der Waals surface area contributed by atoms with Crippen LogP contribution in [-0.2, 0) is 4.79 Å². The molecule has 0 unspecified atom stereocenters. The Hall–Kier alpha value is -2.21. The average molecular weight is 588 g/mol. The third-order valence-corrected chi connectivity index (χ3v) is 4.93. The lowest BCUT2D eigenvalue weighted by atomic mass is 9.88. The third-order valence-electron chi connectivity index (χ3n) is 4.52. The van der Waals surface area contributed by atoms with Crippen LogP contribution < -0.4 is 5.32 Å². The number of amides is 1. The van der Waals surface area contributed by atoms with Crippen LogP contribution in [0.1, 0.15) is 5.56 Å². The Kier molecular flexibility index (Phi) is 7.67. The molecule has 1 aromatic rings. The predicted octanol–water partition coefficient (Wildman–Crippen LogP) is 7.60. The molecule has 1 aromatic carbocycles. The van der Waals surface area contributed by atoms with Crippen molar-refractivity contribution in [1.29, 1.82) is 0 Å². The molecule has 1 N–H and O–H groups in total. The highest BCUT2D eigenvalue weighted by Gasteiger charge is 2.95. The fraction of sp³-hybridized carbons (Fsp3) is 0.562. The molecule has 20 heteroatoms. The van der Waals surface area contributed by atoms with Gasteiger partial charge in [0.2, 0.25) is 0 Å². The van der Waals surface area contributed by atoms with E-state index in [1.54, 1.807) is 0 Å². The van der Waals surface area contributed by atoms with Crippen molar-refractivity contribution in [3.8, 4) is 0 Å². The zero-order valence-electron chi connectivity index (χ0n) is 16.4. The Morgan fingerprint density at radius 3 is 1.39 bits per heavy atom. The molecule has 0 aliphatic carbocycles. The number of hydrogen-bond donors (Lipinski definition) is 1. The number of hydrogen-bond acceptors (Lipinski definition) is 1. The summed E-state index contributed by atoms with van der Waals surface area (Å²) in [6.07, 6.45) is -7.84. The second kappa shape index (κ2) is 8.68. The molecule has 0 radical (unpaired) electrons. The Bertz CT molecular complexity index is 1000. The molecule has 0 aliphatic rings. The summed E-state index contributed by atoms with van der Waals surface area (Å²) in [4.78, 5) is 11.5. The maximum Gasteiger partial charge on any atom is 0.460 e. The van der Waals surface area contributed by atoms with Crippen molar-refractivity contribution in [3.05, 3.63) is 28.8 Å². The van der Waals surface area contributed by atoms with E-state index >= 15 is 0 Å². The van der Waals surface area contributed by atoms with Gasteiger partial charge < -0.3 is 5.32 Å². The first kappa shape index (κ1) is 31.8. The van der Waals surface area contributed by atoms with E-state index in [0.29, 0.717) is 6.07 Å². The van der Waals surface area contributed by atoms with Crippen LogP contribution in [0.3, 0.4) is 0 Å². The van der Waals surface area contributed by atoms with Gasteiger partial charge in [-0.2, -0.15) is 74.6 Å².